The molecule has 1 atom stereocenters. The van der Waals surface area contributed by atoms with E-state index in [-0.39, 0.29) is 11.9 Å². The predicted molar refractivity (Wildman–Crippen MR) is 59.4 cm³/mol. The van der Waals surface area contributed by atoms with Gasteiger partial charge >= 0.3 is 0 Å². The third kappa shape index (κ3) is 4.62. The fourth-order valence-corrected chi connectivity index (χ4v) is 1.65. The van der Waals surface area contributed by atoms with Crippen LogP contribution in [-0.2, 0) is 9.53 Å². The quantitative estimate of drug-likeness (QED) is 0.682. The lowest BCUT2D eigenvalue weighted by molar-refractivity contribution is -0.131. The minimum Gasteiger partial charge on any atom is -0.381 e. The van der Waals surface area contributed by atoms with Crippen molar-refractivity contribution in [3.05, 3.63) is 0 Å². The molecule has 4 nitrogen and oxygen atoms in total. The molecule has 1 unspecified atom stereocenters. The van der Waals surface area contributed by atoms with Gasteiger partial charge in [-0.15, -0.1) is 0 Å². The monoisotopic (exact) mass is 214 g/mol. The van der Waals surface area contributed by atoms with Gasteiger partial charge in [-0.25, -0.2) is 0 Å². The van der Waals surface area contributed by atoms with Crippen LogP contribution < -0.4 is 5.73 Å². The highest BCUT2D eigenvalue weighted by atomic mass is 16.5. The van der Waals surface area contributed by atoms with E-state index in [1.54, 1.807) is 0 Å². The van der Waals surface area contributed by atoms with Crippen molar-refractivity contribution in [1.29, 1.82) is 0 Å². The molecule has 88 valence electrons. The highest BCUT2D eigenvalue weighted by Gasteiger charge is 2.22. The van der Waals surface area contributed by atoms with E-state index in [0.29, 0.717) is 25.5 Å². The summed E-state index contributed by atoms with van der Waals surface area (Å²) in [6, 6.07) is 0.172. The van der Waals surface area contributed by atoms with Crippen LogP contribution in [0.5, 0.6) is 0 Å². The molecule has 0 radical (unpaired) electrons. The van der Waals surface area contributed by atoms with Crippen molar-refractivity contribution >= 4 is 5.91 Å². The number of carbonyl (C=O) groups excluding carboxylic acids is 1. The third-order valence-electron chi connectivity index (χ3n) is 2.49. The summed E-state index contributed by atoms with van der Waals surface area (Å²) in [4.78, 5) is 13.5. The molecule has 0 aromatic rings. The molecule has 2 N–H and O–H groups in total. The van der Waals surface area contributed by atoms with Crippen molar-refractivity contribution in [2.75, 3.05) is 26.3 Å². The second-order valence-corrected chi connectivity index (χ2v) is 4.61. The molecule has 0 aromatic carbocycles. The lowest BCUT2D eigenvalue weighted by Gasteiger charge is -2.15. The summed E-state index contributed by atoms with van der Waals surface area (Å²) in [5.41, 5.74) is 5.73. The second-order valence-electron chi connectivity index (χ2n) is 4.61. The van der Waals surface area contributed by atoms with E-state index in [4.69, 9.17) is 10.5 Å². The summed E-state index contributed by atoms with van der Waals surface area (Å²) in [6.45, 7) is 6.98. The maximum Gasteiger partial charge on any atom is 0.224 e. The molecule has 4 heteroatoms. The molecule has 1 amide bonds. The van der Waals surface area contributed by atoms with Gasteiger partial charge in [0.05, 0.1) is 13.0 Å². The Morgan fingerprint density at radius 2 is 2.33 bits per heavy atom. The van der Waals surface area contributed by atoms with Crippen molar-refractivity contribution in [2.24, 2.45) is 11.7 Å². The molecule has 1 aliphatic heterocycles. The molecule has 1 heterocycles. The molecule has 0 aliphatic carbocycles. The molecule has 1 fully saturated rings. The second kappa shape index (κ2) is 6.08. The van der Waals surface area contributed by atoms with Crippen molar-refractivity contribution in [3.63, 3.8) is 0 Å². The Morgan fingerprint density at radius 3 is 2.87 bits per heavy atom. The van der Waals surface area contributed by atoms with E-state index in [0.717, 1.165) is 19.6 Å². The van der Waals surface area contributed by atoms with Crippen molar-refractivity contribution < 1.29 is 9.53 Å². The Morgan fingerprint density at radius 1 is 1.60 bits per heavy atom. The van der Waals surface area contributed by atoms with E-state index in [2.05, 4.69) is 13.8 Å². The van der Waals surface area contributed by atoms with Crippen LogP contribution in [0.2, 0.25) is 0 Å². The van der Waals surface area contributed by atoms with Crippen LogP contribution in [0, 0.1) is 5.92 Å². The van der Waals surface area contributed by atoms with Gasteiger partial charge < -0.3 is 15.4 Å². The number of ether oxygens (including phenoxy) is 1. The molecule has 1 rings (SSSR count). The van der Waals surface area contributed by atoms with Crippen LogP contribution >= 0.6 is 0 Å². The van der Waals surface area contributed by atoms with E-state index in [1.165, 1.54) is 0 Å². The Kier molecular flexibility index (Phi) is 5.05. The fourth-order valence-electron chi connectivity index (χ4n) is 1.65. The lowest BCUT2D eigenvalue weighted by atomic mass is 10.2. The maximum atomic E-state index is 11.6. The van der Waals surface area contributed by atoms with Crippen LogP contribution in [-0.4, -0.2) is 43.2 Å². The standard InChI is InChI=1S/C11H22N2O2/c1-9(2)8-15-6-4-11(14)13-5-3-10(12)7-13/h9-10H,3-8,12H2,1-2H3. The smallest absolute Gasteiger partial charge is 0.224 e. The first-order valence-corrected chi connectivity index (χ1v) is 5.70. The summed E-state index contributed by atoms with van der Waals surface area (Å²) in [5.74, 6) is 0.701. The van der Waals surface area contributed by atoms with Crippen LogP contribution in [0.25, 0.3) is 0 Å². The van der Waals surface area contributed by atoms with E-state index in [1.807, 2.05) is 4.90 Å². The van der Waals surface area contributed by atoms with Gasteiger partial charge in [-0.1, -0.05) is 13.8 Å². The predicted octanol–water partition coefficient (Wildman–Crippen LogP) is 0.609. The van der Waals surface area contributed by atoms with Gasteiger partial charge in [0, 0.05) is 25.7 Å². The molecule has 0 bridgehead atoms. The number of carbonyl (C=O) groups is 1. The Bertz CT molecular complexity index is 207. The molecule has 1 saturated heterocycles. The van der Waals surface area contributed by atoms with Gasteiger partial charge in [0.15, 0.2) is 0 Å². The first kappa shape index (κ1) is 12.5. The topological polar surface area (TPSA) is 55.6 Å². The summed E-state index contributed by atoms with van der Waals surface area (Å²) in [6.07, 6.45) is 1.41. The zero-order valence-electron chi connectivity index (χ0n) is 9.74. The van der Waals surface area contributed by atoms with Crippen LogP contribution in [0.15, 0.2) is 0 Å². The molecule has 15 heavy (non-hydrogen) atoms. The first-order valence-electron chi connectivity index (χ1n) is 5.70. The SMILES string of the molecule is CC(C)COCCC(=O)N1CCC(N)C1. The van der Waals surface area contributed by atoms with Crippen LogP contribution in [0.4, 0.5) is 0 Å². The Balaban J connectivity index is 2.08. The number of amides is 1. The van der Waals surface area contributed by atoms with Gasteiger partial charge in [-0.05, 0) is 12.3 Å². The van der Waals surface area contributed by atoms with Crippen molar-refractivity contribution in [3.8, 4) is 0 Å². The molecule has 0 saturated carbocycles. The van der Waals surface area contributed by atoms with E-state index >= 15 is 0 Å². The normalized spacial score (nSPS) is 21.3. The zero-order chi connectivity index (χ0) is 11.3. The molecular weight excluding hydrogens is 192 g/mol. The maximum absolute atomic E-state index is 11.6. The third-order valence-corrected chi connectivity index (χ3v) is 2.49. The van der Waals surface area contributed by atoms with Crippen molar-refractivity contribution in [2.45, 2.75) is 32.7 Å². The fraction of sp³-hybridized carbons (Fsp3) is 0.909. The minimum atomic E-state index is 0.172. The zero-order valence-corrected chi connectivity index (χ0v) is 9.74. The first-order chi connectivity index (χ1) is 7.09. The Hall–Kier alpha value is -0.610. The van der Waals surface area contributed by atoms with Gasteiger partial charge in [0.25, 0.3) is 0 Å². The van der Waals surface area contributed by atoms with Gasteiger partial charge in [-0.2, -0.15) is 0 Å². The Labute approximate surface area is 91.8 Å². The summed E-state index contributed by atoms with van der Waals surface area (Å²) >= 11 is 0. The minimum absolute atomic E-state index is 0.172. The molecule has 0 spiro atoms. The van der Waals surface area contributed by atoms with Crippen LogP contribution in [0.1, 0.15) is 26.7 Å². The highest BCUT2D eigenvalue weighted by molar-refractivity contribution is 5.76. The largest absolute Gasteiger partial charge is 0.381 e. The number of rotatable bonds is 5. The highest BCUT2D eigenvalue weighted by Crippen LogP contribution is 2.08. The summed E-state index contributed by atoms with van der Waals surface area (Å²) in [5, 5.41) is 0. The van der Waals surface area contributed by atoms with E-state index in [9.17, 15) is 4.79 Å². The molecule has 0 aromatic heterocycles. The molecular formula is C11H22N2O2. The number of hydrogen-bond donors (Lipinski definition) is 1. The number of nitrogens with zero attached hydrogens (tertiary/aromatic N) is 1. The van der Waals surface area contributed by atoms with Gasteiger partial charge in [-0.3, -0.25) is 4.79 Å². The number of nitrogens with two attached hydrogens (primary N) is 1. The lowest BCUT2D eigenvalue weighted by Crippen LogP contribution is -2.32. The van der Waals surface area contributed by atoms with Gasteiger partial charge in [0.1, 0.15) is 0 Å². The summed E-state index contributed by atoms with van der Waals surface area (Å²) < 4.78 is 5.37. The average Bonchev–Trinajstić information content (AvgIpc) is 2.59. The molecule has 1 aliphatic rings. The van der Waals surface area contributed by atoms with E-state index < -0.39 is 0 Å². The van der Waals surface area contributed by atoms with Gasteiger partial charge in [0.2, 0.25) is 5.91 Å². The summed E-state index contributed by atoms with van der Waals surface area (Å²) in [7, 11) is 0. The average molecular weight is 214 g/mol. The number of likely N-dealkylation sites (tertiary alicyclic amines) is 1. The van der Waals surface area contributed by atoms with Crippen LogP contribution in [0.3, 0.4) is 0 Å². The van der Waals surface area contributed by atoms with Crippen molar-refractivity contribution in [1.82, 2.24) is 4.90 Å². The number of hydrogen-bond acceptors (Lipinski definition) is 3.